The van der Waals surface area contributed by atoms with Gasteiger partial charge in [0, 0.05) is 54.1 Å². The Kier molecular flexibility index (Phi) is 7.33. The van der Waals surface area contributed by atoms with Gasteiger partial charge in [0.2, 0.25) is 10.0 Å². The summed E-state index contributed by atoms with van der Waals surface area (Å²) >= 11 is 0. The van der Waals surface area contributed by atoms with Crippen LogP contribution in [0.4, 0.5) is 0 Å². The second-order valence-electron chi connectivity index (χ2n) is 9.90. The minimum Gasteiger partial charge on any atom is -0.496 e. The smallest absolute Gasteiger partial charge is 0.323 e. The van der Waals surface area contributed by atoms with Crippen LogP contribution in [0, 0.1) is 0 Å². The zero-order valence-corrected chi connectivity index (χ0v) is 22.9. The predicted octanol–water partition coefficient (Wildman–Crippen LogP) is 4.76. The monoisotopic (exact) mass is 549 g/mol. The first-order chi connectivity index (χ1) is 18.7. The number of carboxylic acids is 1. The molecule has 0 radical (unpaired) electrons. The van der Waals surface area contributed by atoms with Gasteiger partial charge >= 0.3 is 5.97 Å². The highest BCUT2D eigenvalue weighted by atomic mass is 32.2. The first-order valence-corrected chi connectivity index (χ1v) is 14.2. The van der Waals surface area contributed by atoms with E-state index < -0.39 is 16.0 Å². The summed E-state index contributed by atoms with van der Waals surface area (Å²) < 4.78 is 41.2. The van der Waals surface area contributed by atoms with Gasteiger partial charge < -0.3 is 19.1 Å². The van der Waals surface area contributed by atoms with E-state index in [4.69, 9.17) is 9.47 Å². The van der Waals surface area contributed by atoms with E-state index in [2.05, 4.69) is 4.98 Å². The summed E-state index contributed by atoms with van der Waals surface area (Å²) in [4.78, 5) is 16.1. The third kappa shape index (κ3) is 5.35. The average Bonchev–Trinajstić information content (AvgIpc) is 3.54. The maximum atomic E-state index is 13.4. The lowest BCUT2D eigenvalue weighted by Crippen LogP contribution is -2.28. The quantitative estimate of drug-likeness (QED) is 0.320. The number of hydrogen-bond donors (Lipinski definition) is 1. The molecule has 1 saturated heterocycles. The minimum atomic E-state index is -3.68. The number of aliphatic carboxylic acids is 1. The van der Waals surface area contributed by atoms with Gasteiger partial charge in [-0.2, -0.15) is 4.31 Å². The minimum absolute atomic E-state index is 0.00229. The van der Waals surface area contributed by atoms with Crippen LogP contribution in [-0.4, -0.2) is 59.7 Å². The molecule has 1 aliphatic heterocycles. The van der Waals surface area contributed by atoms with Crippen LogP contribution < -0.4 is 9.47 Å². The second-order valence-corrected chi connectivity index (χ2v) is 11.8. The summed E-state index contributed by atoms with van der Waals surface area (Å²) in [5.41, 5.74) is 3.35. The van der Waals surface area contributed by atoms with Gasteiger partial charge in [-0.1, -0.05) is 12.1 Å². The Labute approximate surface area is 227 Å². The van der Waals surface area contributed by atoms with Crippen molar-refractivity contribution in [3.63, 3.8) is 0 Å². The van der Waals surface area contributed by atoms with Crippen LogP contribution in [0.5, 0.6) is 11.5 Å². The number of carbonyl (C=O) groups is 1. The molecule has 0 aliphatic carbocycles. The lowest BCUT2D eigenvalue weighted by atomic mass is 9.96. The van der Waals surface area contributed by atoms with Crippen LogP contribution in [0.25, 0.3) is 22.0 Å². The zero-order valence-electron chi connectivity index (χ0n) is 22.1. The van der Waals surface area contributed by atoms with Crippen LogP contribution >= 0.6 is 0 Å². The Bertz CT molecular complexity index is 1610. The molecular formula is C29H31N3O6S. The molecule has 0 spiro atoms. The number of hydrogen-bond acceptors (Lipinski definition) is 6. The molecule has 9 nitrogen and oxygen atoms in total. The van der Waals surface area contributed by atoms with E-state index in [1.807, 2.05) is 38.2 Å². The third-order valence-corrected chi connectivity index (χ3v) is 8.83. The Morgan fingerprint density at radius 2 is 1.92 bits per heavy atom. The normalized spacial score (nSPS) is 16.2. The van der Waals surface area contributed by atoms with E-state index in [0.29, 0.717) is 31.0 Å². The molecule has 0 bridgehead atoms. The SMILES string of the molecule is COc1ccncc1-c1ccc2c(C3CCN(S(=O)(=O)c4ccc(OC(C)C)cc4)C3)cn(CC(=O)O)c2c1. The Morgan fingerprint density at radius 1 is 1.15 bits per heavy atom. The van der Waals surface area contributed by atoms with Gasteiger partial charge in [-0.25, -0.2) is 8.42 Å². The van der Waals surface area contributed by atoms with Gasteiger partial charge in [-0.3, -0.25) is 9.78 Å². The number of benzene rings is 2. The number of nitrogens with zero attached hydrogens (tertiary/aromatic N) is 3. The maximum Gasteiger partial charge on any atom is 0.323 e. The number of methoxy groups -OCH3 is 1. The summed E-state index contributed by atoms with van der Waals surface area (Å²) in [5.74, 6) is 0.266. The molecule has 1 atom stereocenters. The highest BCUT2D eigenvalue weighted by molar-refractivity contribution is 7.89. The van der Waals surface area contributed by atoms with E-state index in [1.165, 1.54) is 4.31 Å². The average molecular weight is 550 g/mol. The fourth-order valence-electron chi connectivity index (χ4n) is 5.18. The highest BCUT2D eigenvalue weighted by Gasteiger charge is 2.34. The van der Waals surface area contributed by atoms with Crippen molar-refractivity contribution in [2.75, 3.05) is 20.2 Å². The van der Waals surface area contributed by atoms with Crippen molar-refractivity contribution >= 4 is 26.9 Å². The number of ether oxygens (including phenoxy) is 2. The predicted molar refractivity (Wildman–Crippen MR) is 148 cm³/mol. The second kappa shape index (κ2) is 10.7. The molecule has 0 amide bonds. The lowest BCUT2D eigenvalue weighted by Gasteiger charge is -2.17. The molecular weight excluding hydrogens is 518 g/mol. The molecule has 2 aromatic heterocycles. The van der Waals surface area contributed by atoms with Crippen LogP contribution in [0.15, 0.2) is 72.0 Å². The number of rotatable bonds is 9. The van der Waals surface area contributed by atoms with Crippen LogP contribution in [0.3, 0.4) is 0 Å². The van der Waals surface area contributed by atoms with Gasteiger partial charge in [0.25, 0.3) is 0 Å². The number of sulfonamides is 1. The van der Waals surface area contributed by atoms with Crippen molar-refractivity contribution in [2.24, 2.45) is 0 Å². The first-order valence-electron chi connectivity index (χ1n) is 12.8. The first kappa shape index (κ1) is 26.7. The lowest BCUT2D eigenvalue weighted by molar-refractivity contribution is -0.137. The van der Waals surface area contributed by atoms with Crippen molar-refractivity contribution < 1.29 is 27.8 Å². The molecule has 39 heavy (non-hydrogen) atoms. The largest absolute Gasteiger partial charge is 0.496 e. The summed E-state index contributed by atoms with van der Waals surface area (Å²) in [6.45, 7) is 4.33. The summed E-state index contributed by atoms with van der Waals surface area (Å²) in [5, 5.41) is 10.5. The van der Waals surface area contributed by atoms with Gasteiger partial charge in [0.15, 0.2) is 0 Å². The van der Waals surface area contributed by atoms with E-state index >= 15 is 0 Å². The molecule has 1 aliphatic rings. The fraction of sp³-hybridized carbons (Fsp3) is 0.310. The van der Waals surface area contributed by atoms with Gasteiger partial charge in [0.05, 0.1) is 18.1 Å². The van der Waals surface area contributed by atoms with Crippen LogP contribution in [0.2, 0.25) is 0 Å². The standard InChI is InChI=1S/C29H31N3O6S/c1-19(2)38-22-5-7-23(8-6-22)39(35,36)32-13-11-21(16-32)26-17-31(18-29(33)34)27-14-20(4-9-24(26)27)25-15-30-12-10-28(25)37-3/h4-10,12,14-15,17,19,21H,11,13,16,18H2,1-3H3,(H,33,34). The Balaban J connectivity index is 1.46. The van der Waals surface area contributed by atoms with Crippen molar-refractivity contribution in [1.82, 2.24) is 13.9 Å². The van der Waals surface area contributed by atoms with E-state index in [9.17, 15) is 18.3 Å². The molecule has 2 aromatic carbocycles. The van der Waals surface area contributed by atoms with Crippen molar-refractivity contribution in [3.8, 4) is 22.6 Å². The van der Waals surface area contributed by atoms with Crippen molar-refractivity contribution in [3.05, 3.63) is 72.7 Å². The number of pyridine rings is 1. The van der Waals surface area contributed by atoms with Crippen molar-refractivity contribution in [2.45, 2.75) is 43.7 Å². The number of aromatic nitrogens is 2. The van der Waals surface area contributed by atoms with Gasteiger partial charge in [-0.05, 0) is 67.8 Å². The van der Waals surface area contributed by atoms with Gasteiger partial charge in [0.1, 0.15) is 18.0 Å². The third-order valence-electron chi connectivity index (χ3n) is 6.95. The topological polar surface area (TPSA) is 111 Å². The molecule has 10 heteroatoms. The summed E-state index contributed by atoms with van der Waals surface area (Å²) in [6.07, 6.45) is 5.85. The molecule has 1 N–H and O–H groups in total. The maximum absolute atomic E-state index is 13.4. The fourth-order valence-corrected chi connectivity index (χ4v) is 6.68. The van der Waals surface area contributed by atoms with Crippen LogP contribution in [0.1, 0.15) is 31.7 Å². The Morgan fingerprint density at radius 3 is 2.62 bits per heavy atom. The zero-order chi connectivity index (χ0) is 27.7. The van der Waals surface area contributed by atoms with E-state index in [1.54, 1.807) is 54.4 Å². The van der Waals surface area contributed by atoms with Crippen molar-refractivity contribution in [1.29, 1.82) is 0 Å². The number of fused-ring (bicyclic) bond motifs is 1. The molecule has 1 unspecified atom stereocenters. The molecule has 3 heterocycles. The molecule has 0 saturated carbocycles. The highest BCUT2D eigenvalue weighted by Crippen LogP contribution is 2.38. The molecule has 1 fully saturated rings. The molecule has 5 rings (SSSR count). The van der Waals surface area contributed by atoms with Crippen LogP contribution in [-0.2, 0) is 21.4 Å². The number of carboxylic acid groups (broad SMARTS) is 1. The molecule has 4 aromatic rings. The van der Waals surface area contributed by atoms with E-state index in [-0.39, 0.29) is 23.5 Å². The molecule has 204 valence electrons. The summed E-state index contributed by atoms with van der Waals surface area (Å²) in [7, 11) is -2.09. The van der Waals surface area contributed by atoms with Gasteiger partial charge in [-0.15, -0.1) is 0 Å². The van der Waals surface area contributed by atoms with E-state index in [0.717, 1.165) is 27.6 Å². The summed E-state index contributed by atoms with van der Waals surface area (Å²) in [6, 6.07) is 14.1. The Hall–Kier alpha value is -3.89.